The van der Waals surface area contributed by atoms with E-state index in [4.69, 9.17) is 9.05 Å². The minimum absolute atomic E-state index is 0.0516. The Bertz CT molecular complexity index is 686. The summed E-state index contributed by atoms with van der Waals surface area (Å²) in [7, 11) is -3.34. The smallest absolute Gasteiger partial charge is 0.312 e. The Morgan fingerprint density at radius 3 is 2.38 bits per heavy atom. The fraction of sp³-hybridized carbons (Fsp3) is 0.706. The molecule has 0 unspecified atom stereocenters. The number of aromatic nitrogens is 1. The third-order valence-electron chi connectivity index (χ3n) is 4.49. The molecule has 7 heteroatoms. The van der Waals surface area contributed by atoms with Crippen LogP contribution in [-0.4, -0.2) is 34.5 Å². The van der Waals surface area contributed by atoms with Gasteiger partial charge in [-0.05, 0) is 46.1 Å². The first-order chi connectivity index (χ1) is 11.3. The maximum absolute atomic E-state index is 13.4. The summed E-state index contributed by atoms with van der Waals surface area (Å²) in [6.45, 7) is 9.38. The summed E-state index contributed by atoms with van der Waals surface area (Å²) in [5.41, 5.74) is 1.08. The molecule has 1 fully saturated rings. The number of hydrogen-bond acceptors (Lipinski definition) is 4. The van der Waals surface area contributed by atoms with Gasteiger partial charge in [0.25, 0.3) is 5.56 Å². The van der Waals surface area contributed by atoms with Crippen LogP contribution >= 0.6 is 7.75 Å². The van der Waals surface area contributed by atoms with Crippen molar-refractivity contribution < 1.29 is 13.6 Å². The van der Waals surface area contributed by atoms with E-state index in [1.165, 1.54) is 0 Å². The molecule has 0 saturated carbocycles. The van der Waals surface area contributed by atoms with Gasteiger partial charge in [-0.3, -0.25) is 13.8 Å². The summed E-state index contributed by atoms with van der Waals surface area (Å²) < 4.78 is 28.7. The van der Waals surface area contributed by atoms with E-state index in [0.29, 0.717) is 19.6 Å². The molecule has 0 amide bonds. The molecule has 2 aliphatic heterocycles. The molecule has 6 nitrogen and oxygen atoms in total. The molecule has 0 aliphatic carbocycles. The Labute approximate surface area is 143 Å². The van der Waals surface area contributed by atoms with Crippen molar-refractivity contribution in [3.8, 4) is 0 Å². The van der Waals surface area contributed by atoms with E-state index in [9.17, 15) is 9.36 Å². The number of piperidine rings is 1. The van der Waals surface area contributed by atoms with Crippen LogP contribution in [0.1, 0.15) is 45.7 Å². The molecule has 2 aliphatic rings. The van der Waals surface area contributed by atoms with Gasteiger partial charge in [0.1, 0.15) is 0 Å². The quantitative estimate of drug-likeness (QED) is 0.760. The molecule has 0 aromatic carbocycles. The molecule has 2 bridgehead atoms. The average molecular weight is 354 g/mol. The summed E-state index contributed by atoms with van der Waals surface area (Å²) in [4.78, 5) is 12.1. The van der Waals surface area contributed by atoms with Crippen molar-refractivity contribution in [3.63, 3.8) is 0 Å². The molecule has 24 heavy (non-hydrogen) atoms. The number of fused-ring (bicyclic) bond motifs is 4. The van der Waals surface area contributed by atoms with Crippen molar-refractivity contribution in [1.82, 2.24) is 9.24 Å². The lowest BCUT2D eigenvalue weighted by Gasteiger charge is -2.44. The second-order valence-corrected chi connectivity index (χ2v) is 9.27. The molecule has 0 radical (unpaired) electrons. The van der Waals surface area contributed by atoms with Gasteiger partial charge in [-0.2, -0.15) is 0 Å². The fourth-order valence-electron chi connectivity index (χ4n) is 3.76. The van der Waals surface area contributed by atoms with Gasteiger partial charge in [0.15, 0.2) is 0 Å². The zero-order valence-corrected chi connectivity index (χ0v) is 15.7. The van der Waals surface area contributed by atoms with Crippen molar-refractivity contribution in [3.05, 3.63) is 34.2 Å². The first kappa shape index (κ1) is 17.9. The highest BCUT2D eigenvalue weighted by atomic mass is 31.2. The highest BCUT2D eigenvalue weighted by Gasteiger charge is 2.44. The lowest BCUT2D eigenvalue weighted by molar-refractivity contribution is 0.0796. The Hall–Kier alpha value is -0.940. The van der Waals surface area contributed by atoms with Crippen molar-refractivity contribution >= 4 is 7.75 Å². The highest BCUT2D eigenvalue weighted by Crippen LogP contribution is 2.57. The van der Waals surface area contributed by atoms with E-state index >= 15 is 0 Å². The molecular weight excluding hydrogens is 327 g/mol. The molecule has 134 valence electrons. The predicted octanol–water partition coefficient (Wildman–Crippen LogP) is 3.23. The van der Waals surface area contributed by atoms with Crippen molar-refractivity contribution in [1.29, 1.82) is 0 Å². The number of pyridine rings is 1. The van der Waals surface area contributed by atoms with Gasteiger partial charge in [-0.25, -0.2) is 9.24 Å². The van der Waals surface area contributed by atoms with Gasteiger partial charge in [-0.15, -0.1) is 0 Å². The number of nitrogens with zero attached hydrogens (tertiary/aromatic N) is 2. The van der Waals surface area contributed by atoms with Crippen molar-refractivity contribution in [2.45, 2.75) is 58.8 Å². The zero-order valence-electron chi connectivity index (χ0n) is 14.8. The van der Waals surface area contributed by atoms with Crippen LogP contribution in [0.2, 0.25) is 0 Å². The Morgan fingerprint density at radius 2 is 1.75 bits per heavy atom. The Kier molecular flexibility index (Phi) is 5.03. The van der Waals surface area contributed by atoms with Crippen LogP contribution in [0, 0.1) is 5.92 Å². The second kappa shape index (κ2) is 6.75. The minimum atomic E-state index is -3.34. The molecule has 1 aromatic heterocycles. The predicted molar refractivity (Wildman–Crippen MR) is 93.2 cm³/mol. The largest absolute Gasteiger partial charge is 0.408 e. The van der Waals surface area contributed by atoms with Crippen LogP contribution in [0.3, 0.4) is 0 Å². The molecule has 2 atom stereocenters. The maximum atomic E-state index is 13.4. The molecule has 0 N–H and O–H groups in total. The molecule has 1 aromatic rings. The first-order valence-electron chi connectivity index (χ1n) is 8.70. The average Bonchev–Trinajstić information content (AvgIpc) is 2.46. The van der Waals surface area contributed by atoms with Gasteiger partial charge in [0.2, 0.25) is 0 Å². The van der Waals surface area contributed by atoms with Gasteiger partial charge in [0, 0.05) is 37.3 Å². The monoisotopic (exact) mass is 354 g/mol. The Morgan fingerprint density at radius 1 is 1.08 bits per heavy atom. The van der Waals surface area contributed by atoms with Crippen LogP contribution in [0.15, 0.2) is 23.0 Å². The fourth-order valence-corrected chi connectivity index (χ4v) is 5.97. The zero-order chi connectivity index (χ0) is 17.5. The van der Waals surface area contributed by atoms with Crippen molar-refractivity contribution in [2.75, 3.05) is 13.1 Å². The minimum Gasteiger partial charge on any atom is -0.312 e. The Balaban J connectivity index is 1.90. The summed E-state index contributed by atoms with van der Waals surface area (Å²) in [5, 5.41) is 0. The standard InChI is InChI=1S/C17H27N2O4P/c1-12(2)22-24(21,23-13(3)4)18-9-14-8-15(11-18)16-6-5-7-17(20)19(16)10-14/h5-7,12-15H,8-11H2,1-4H3/t14-,15-/m0/s1. The van der Waals surface area contributed by atoms with Gasteiger partial charge in [-0.1, -0.05) is 6.07 Å². The topological polar surface area (TPSA) is 60.8 Å². The summed E-state index contributed by atoms with van der Waals surface area (Å²) in [5.74, 6) is 0.474. The maximum Gasteiger partial charge on any atom is 0.408 e. The van der Waals surface area contributed by atoms with E-state index in [1.807, 2.05) is 49.1 Å². The van der Waals surface area contributed by atoms with E-state index in [2.05, 4.69) is 0 Å². The van der Waals surface area contributed by atoms with Crippen LogP contribution < -0.4 is 5.56 Å². The third kappa shape index (κ3) is 3.52. The molecule has 3 heterocycles. The van der Waals surface area contributed by atoms with Crippen LogP contribution in [0.4, 0.5) is 0 Å². The van der Waals surface area contributed by atoms with Crippen LogP contribution in [0.5, 0.6) is 0 Å². The van der Waals surface area contributed by atoms with Gasteiger partial charge < -0.3 is 4.57 Å². The number of hydrogen-bond donors (Lipinski definition) is 0. The first-order valence-corrected chi connectivity index (χ1v) is 10.2. The van der Waals surface area contributed by atoms with Crippen molar-refractivity contribution in [2.24, 2.45) is 5.92 Å². The van der Waals surface area contributed by atoms with Gasteiger partial charge >= 0.3 is 7.75 Å². The van der Waals surface area contributed by atoms with E-state index in [0.717, 1.165) is 12.1 Å². The van der Waals surface area contributed by atoms with E-state index in [-0.39, 0.29) is 29.6 Å². The SMILES string of the molecule is CC(C)OP(=O)(OC(C)C)N1C[C@@H]2C[C@@H](C1)c1cccc(=O)n1C2. The lowest BCUT2D eigenvalue weighted by Crippen LogP contribution is -2.46. The van der Waals surface area contributed by atoms with E-state index in [1.54, 1.807) is 6.07 Å². The van der Waals surface area contributed by atoms with Gasteiger partial charge in [0.05, 0.1) is 12.2 Å². The molecule has 1 saturated heterocycles. The summed E-state index contributed by atoms with van der Waals surface area (Å²) >= 11 is 0. The third-order valence-corrected chi connectivity index (χ3v) is 6.89. The molecular formula is C17H27N2O4P. The molecule has 3 rings (SSSR count). The number of rotatable bonds is 5. The van der Waals surface area contributed by atoms with Crippen LogP contribution in [0.25, 0.3) is 0 Å². The van der Waals surface area contributed by atoms with Crippen LogP contribution in [-0.2, 0) is 20.2 Å². The normalized spacial score (nSPS) is 24.4. The summed E-state index contributed by atoms with van der Waals surface area (Å²) in [6, 6.07) is 5.42. The summed E-state index contributed by atoms with van der Waals surface area (Å²) in [6.07, 6.45) is 0.668. The lowest BCUT2D eigenvalue weighted by atomic mass is 9.84. The molecule has 0 spiro atoms. The van der Waals surface area contributed by atoms with E-state index < -0.39 is 7.75 Å². The highest BCUT2D eigenvalue weighted by molar-refractivity contribution is 7.51. The second-order valence-electron chi connectivity index (χ2n) is 7.35.